The summed E-state index contributed by atoms with van der Waals surface area (Å²) in [7, 11) is 0. The summed E-state index contributed by atoms with van der Waals surface area (Å²) in [6, 6.07) is 8.85. The lowest BCUT2D eigenvalue weighted by molar-refractivity contribution is 0.181. The van der Waals surface area contributed by atoms with Crippen LogP contribution < -0.4 is 5.32 Å². The molecule has 2 heteroatoms. The van der Waals surface area contributed by atoms with Crippen LogP contribution in [0.2, 0.25) is 0 Å². The maximum absolute atomic E-state index is 3.67. The Labute approximate surface area is 126 Å². The summed E-state index contributed by atoms with van der Waals surface area (Å²) in [5.41, 5.74) is 1.98. The zero-order chi connectivity index (χ0) is 13.6. The van der Waals surface area contributed by atoms with Gasteiger partial charge in [0.25, 0.3) is 0 Å². The molecule has 0 amide bonds. The number of hydrogen-bond acceptors (Lipinski definition) is 1. The van der Waals surface area contributed by atoms with Crippen LogP contribution in [0.5, 0.6) is 0 Å². The highest BCUT2D eigenvalue weighted by atomic mass is 79.9. The van der Waals surface area contributed by atoms with E-state index in [1.807, 2.05) is 0 Å². The molecule has 0 heterocycles. The summed E-state index contributed by atoms with van der Waals surface area (Å²) >= 11 is 3.59. The van der Waals surface area contributed by atoms with Gasteiger partial charge in [-0.1, -0.05) is 54.2 Å². The van der Waals surface area contributed by atoms with Crippen LogP contribution in [0.25, 0.3) is 0 Å². The van der Waals surface area contributed by atoms with Crippen molar-refractivity contribution in [1.82, 2.24) is 5.32 Å². The zero-order valence-electron chi connectivity index (χ0n) is 12.1. The molecule has 0 atom stereocenters. The topological polar surface area (TPSA) is 12.0 Å². The Hall–Kier alpha value is -0.340. The Morgan fingerprint density at radius 3 is 2.68 bits per heavy atom. The van der Waals surface area contributed by atoms with Crippen LogP contribution in [-0.2, 0) is 6.42 Å². The molecule has 0 aliphatic heterocycles. The molecule has 1 saturated carbocycles. The lowest BCUT2D eigenvalue weighted by Crippen LogP contribution is -2.38. The van der Waals surface area contributed by atoms with Gasteiger partial charge in [0.1, 0.15) is 0 Å². The molecular formula is C17H26BrN. The van der Waals surface area contributed by atoms with Crippen LogP contribution in [0.1, 0.15) is 51.0 Å². The second-order valence-electron chi connectivity index (χ2n) is 6.04. The molecule has 1 nitrogen and oxygen atoms in total. The quantitative estimate of drug-likeness (QED) is 0.731. The molecule has 106 valence electrons. The molecule has 1 aromatic rings. The average Bonchev–Trinajstić information content (AvgIpc) is 2.40. The van der Waals surface area contributed by atoms with Crippen molar-refractivity contribution in [3.05, 3.63) is 34.3 Å². The van der Waals surface area contributed by atoms with Crippen molar-refractivity contribution in [1.29, 1.82) is 0 Å². The molecule has 19 heavy (non-hydrogen) atoms. The Balaban J connectivity index is 2.04. The number of rotatable bonds is 6. The van der Waals surface area contributed by atoms with Crippen LogP contribution in [0.4, 0.5) is 0 Å². The fourth-order valence-electron chi connectivity index (χ4n) is 3.33. The largest absolute Gasteiger partial charge is 0.316 e. The molecule has 1 N–H and O–H groups in total. The van der Waals surface area contributed by atoms with Gasteiger partial charge in [-0.05, 0) is 55.3 Å². The van der Waals surface area contributed by atoms with Gasteiger partial charge < -0.3 is 5.32 Å². The van der Waals surface area contributed by atoms with E-state index in [1.54, 1.807) is 0 Å². The molecule has 0 bridgehead atoms. The minimum absolute atomic E-state index is 0.494. The number of halogens is 1. The van der Waals surface area contributed by atoms with E-state index in [-0.39, 0.29) is 0 Å². The minimum Gasteiger partial charge on any atom is -0.316 e. The van der Waals surface area contributed by atoms with Gasteiger partial charge in [-0.3, -0.25) is 0 Å². The standard InChI is InChI=1S/C17H26BrN/c1-2-11-19-14-17(9-4-3-5-10-17)13-15-7-6-8-16(18)12-15/h6-8,12,19H,2-5,9-11,13-14H2,1H3. The summed E-state index contributed by atoms with van der Waals surface area (Å²) in [4.78, 5) is 0. The Bertz CT molecular complexity index is 383. The Kier molecular flexibility index (Phi) is 5.90. The molecule has 2 rings (SSSR count). The maximum atomic E-state index is 3.67. The molecule has 1 fully saturated rings. The number of nitrogens with one attached hydrogen (secondary N) is 1. The fraction of sp³-hybridized carbons (Fsp3) is 0.647. The normalized spacial score (nSPS) is 18.4. The van der Waals surface area contributed by atoms with E-state index in [4.69, 9.17) is 0 Å². The van der Waals surface area contributed by atoms with Gasteiger partial charge in [0.05, 0.1) is 0 Å². The smallest absolute Gasteiger partial charge is 0.0177 e. The van der Waals surface area contributed by atoms with E-state index >= 15 is 0 Å². The average molecular weight is 324 g/mol. The van der Waals surface area contributed by atoms with Gasteiger partial charge in [-0.25, -0.2) is 0 Å². The third-order valence-electron chi connectivity index (χ3n) is 4.31. The third kappa shape index (κ3) is 4.61. The highest BCUT2D eigenvalue weighted by Gasteiger charge is 2.31. The van der Waals surface area contributed by atoms with Crippen LogP contribution in [0.15, 0.2) is 28.7 Å². The predicted molar refractivity (Wildman–Crippen MR) is 86.5 cm³/mol. The van der Waals surface area contributed by atoms with Crippen LogP contribution in [0, 0.1) is 5.41 Å². The van der Waals surface area contributed by atoms with E-state index in [9.17, 15) is 0 Å². The van der Waals surface area contributed by atoms with Crippen molar-refractivity contribution in [3.63, 3.8) is 0 Å². The first-order valence-corrected chi connectivity index (χ1v) is 8.49. The predicted octanol–water partition coefficient (Wildman–Crippen LogP) is 4.94. The SMILES string of the molecule is CCCNCC1(Cc2cccc(Br)c2)CCCCC1. The lowest BCUT2D eigenvalue weighted by Gasteiger charge is -2.38. The van der Waals surface area contributed by atoms with Crippen molar-refractivity contribution in [3.8, 4) is 0 Å². The van der Waals surface area contributed by atoms with Crippen molar-refractivity contribution in [2.75, 3.05) is 13.1 Å². The third-order valence-corrected chi connectivity index (χ3v) is 4.80. The van der Waals surface area contributed by atoms with Crippen LogP contribution in [-0.4, -0.2) is 13.1 Å². The molecular weight excluding hydrogens is 298 g/mol. The molecule has 1 aliphatic carbocycles. The van der Waals surface area contributed by atoms with Gasteiger partial charge in [0.2, 0.25) is 0 Å². The Morgan fingerprint density at radius 2 is 2.00 bits per heavy atom. The van der Waals surface area contributed by atoms with Gasteiger partial charge in [0.15, 0.2) is 0 Å². The van der Waals surface area contributed by atoms with E-state index < -0.39 is 0 Å². The van der Waals surface area contributed by atoms with Crippen LogP contribution in [0.3, 0.4) is 0 Å². The first-order chi connectivity index (χ1) is 9.24. The summed E-state index contributed by atoms with van der Waals surface area (Å²) in [6.45, 7) is 4.59. The monoisotopic (exact) mass is 323 g/mol. The summed E-state index contributed by atoms with van der Waals surface area (Å²) in [5, 5.41) is 3.67. The summed E-state index contributed by atoms with van der Waals surface area (Å²) in [5.74, 6) is 0. The van der Waals surface area contributed by atoms with E-state index in [2.05, 4.69) is 52.4 Å². The zero-order valence-corrected chi connectivity index (χ0v) is 13.6. The molecule has 0 saturated heterocycles. The van der Waals surface area contributed by atoms with Gasteiger partial charge >= 0.3 is 0 Å². The lowest BCUT2D eigenvalue weighted by atomic mass is 9.70. The molecule has 1 aliphatic rings. The van der Waals surface area contributed by atoms with Gasteiger partial charge in [0, 0.05) is 11.0 Å². The minimum atomic E-state index is 0.494. The summed E-state index contributed by atoms with van der Waals surface area (Å²) < 4.78 is 1.21. The highest BCUT2D eigenvalue weighted by molar-refractivity contribution is 9.10. The highest BCUT2D eigenvalue weighted by Crippen LogP contribution is 2.39. The molecule has 1 aromatic carbocycles. The van der Waals surface area contributed by atoms with Crippen LogP contribution >= 0.6 is 15.9 Å². The van der Waals surface area contributed by atoms with E-state index in [1.165, 1.54) is 61.5 Å². The number of benzene rings is 1. The first kappa shape index (κ1) is 15.1. The van der Waals surface area contributed by atoms with Crippen molar-refractivity contribution >= 4 is 15.9 Å². The maximum Gasteiger partial charge on any atom is 0.0177 e. The van der Waals surface area contributed by atoms with Crippen molar-refractivity contribution in [2.24, 2.45) is 5.41 Å². The second kappa shape index (κ2) is 7.44. The van der Waals surface area contributed by atoms with Crippen molar-refractivity contribution in [2.45, 2.75) is 51.9 Å². The fourth-order valence-corrected chi connectivity index (χ4v) is 3.77. The second-order valence-corrected chi connectivity index (χ2v) is 6.96. The molecule has 0 unspecified atom stereocenters. The van der Waals surface area contributed by atoms with Gasteiger partial charge in [-0.2, -0.15) is 0 Å². The summed E-state index contributed by atoms with van der Waals surface area (Å²) in [6.07, 6.45) is 9.46. The van der Waals surface area contributed by atoms with Gasteiger partial charge in [-0.15, -0.1) is 0 Å². The number of hydrogen-bond donors (Lipinski definition) is 1. The molecule has 0 spiro atoms. The molecule has 0 radical (unpaired) electrons. The van der Waals surface area contributed by atoms with E-state index in [0.717, 1.165) is 6.54 Å². The van der Waals surface area contributed by atoms with Crippen molar-refractivity contribution < 1.29 is 0 Å². The van der Waals surface area contributed by atoms with E-state index in [0.29, 0.717) is 5.41 Å². The Morgan fingerprint density at radius 1 is 1.21 bits per heavy atom. The first-order valence-electron chi connectivity index (χ1n) is 7.69. The molecule has 0 aromatic heterocycles.